The average molecular weight is 338 g/mol. The van der Waals surface area contributed by atoms with E-state index in [-0.39, 0.29) is 22.9 Å². The molecule has 4 saturated heterocycles. The molecule has 4 fully saturated rings. The maximum atomic E-state index is 14.7. The number of amides is 1. The van der Waals surface area contributed by atoms with E-state index in [9.17, 15) is 9.18 Å². The van der Waals surface area contributed by atoms with Gasteiger partial charge in [-0.2, -0.15) is 4.39 Å². The van der Waals surface area contributed by atoms with Crippen molar-refractivity contribution in [3.8, 4) is 0 Å². The third-order valence-corrected chi connectivity index (χ3v) is 4.59. The Hall–Kier alpha value is -0.240. The van der Waals surface area contributed by atoms with E-state index in [1.54, 1.807) is 4.90 Å². The summed E-state index contributed by atoms with van der Waals surface area (Å²) in [7, 11) is 0. The van der Waals surface area contributed by atoms with Gasteiger partial charge in [0.25, 0.3) is 0 Å². The van der Waals surface area contributed by atoms with Gasteiger partial charge >= 0.3 is 12.2 Å². The molecule has 0 aliphatic carbocycles. The molecule has 1 amide bonds. The maximum absolute atomic E-state index is 14.7. The number of carbonyl (C=O) groups is 1. The van der Waals surface area contributed by atoms with E-state index in [0.717, 1.165) is 39.3 Å². The van der Waals surface area contributed by atoms with Crippen LogP contribution in [0.25, 0.3) is 0 Å². The molecular weight excluding hydrogens is 317 g/mol. The largest absolute Gasteiger partial charge is 1.00 e. The van der Waals surface area contributed by atoms with E-state index >= 15 is 0 Å². The van der Waals surface area contributed by atoms with Crippen LogP contribution in [0.1, 0.15) is 0 Å². The first kappa shape index (κ1) is 15.2. The highest BCUT2D eigenvalue weighted by Crippen LogP contribution is 2.25. The number of morpholine rings is 1. The van der Waals surface area contributed by atoms with Crippen LogP contribution in [-0.4, -0.2) is 92.1 Å². The van der Waals surface area contributed by atoms with Crippen LogP contribution in [0.5, 0.6) is 0 Å². The van der Waals surface area contributed by atoms with Crippen molar-refractivity contribution < 1.29 is 35.4 Å². The van der Waals surface area contributed by atoms with E-state index in [0.29, 0.717) is 30.8 Å². The van der Waals surface area contributed by atoms with E-state index in [4.69, 9.17) is 4.74 Å². The summed E-state index contributed by atoms with van der Waals surface area (Å²) < 4.78 is 20.2. The van der Waals surface area contributed by atoms with Crippen molar-refractivity contribution in [1.29, 1.82) is 0 Å². The highest BCUT2D eigenvalue weighted by Gasteiger charge is 2.49. The van der Waals surface area contributed by atoms with Gasteiger partial charge in [0, 0.05) is 32.7 Å². The molecule has 0 N–H and O–H groups in total. The molecule has 0 saturated carbocycles. The van der Waals surface area contributed by atoms with Crippen LogP contribution in [0.2, 0.25) is 0 Å². The summed E-state index contributed by atoms with van der Waals surface area (Å²) in [5, 5.41) is 0. The standard InChI is InChI=1S/C12H21FN3O2.BrH/c13-11(12(17)15-4-9-18-10-5-15)16-6-1-14(2-7-16)3-8-16;/h11H,1-10H2;1H/q+1;/p-1. The first-order valence-electron chi connectivity index (χ1n) is 6.80. The van der Waals surface area contributed by atoms with Crippen LogP contribution in [-0.2, 0) is 9.53 Å². The molecule has 2 bridgehead atoms. The van der Waals surface area contributed by atoms with Crippen LogP contribution in [0.3, 0.4) is 0 Å². The molecule has 0 radical (unpaired) electrons. The number of halogens is 2. The highest BCUT2D eigenvalue weighted by atomic mass is 79.9. The Morgan fingerprint density at radius 2 is 1.58 bits per heavy atom. The summed E-state index contributed by atoms with van der Waals surface area (Å²) >= 11 is 0. The van der Waals surface area contributed by atoms with Crippen LogP contribution in [0.15, 0.2) is 0 Å². The minimum Gasteiger partial charge on any atom is -1.00 e. The van der Waals surface area contributed by atoms with E-state index < -0.39 is 6.30 Å². The Bertz CT molecular complexity index is 317. The van der Waals surface area contributed by atoms with Gasteiger partial charge in [-0.3, -0.25) is 14.2 Å². The average Bonchev–Trinajstić information content (AvgIpc) is 2.48. The van der Waals surface area contributed by atoms with Crippen LogP contribution in [0.4, 0.5) is 4.39 Å². The van der Waals surface area contributed by atoms with Gasteiger partial charge < -0.3 is 26.6 Å². The number of nitrogens with zero attached hydrogens (tertiary/aromatic N) is 3. The number of piperazine rings is 3. The van der Waals surface area contributed by atoms with Crippen molar-refractivity contribution in [2.45, 2.75) is 6.30 Å². The van der Waals surface area contributed by atoms with E-state index in [1.807, 2.05) is 0 Å². The molecule has 7 heteroatoms. The molecule has 5 nitrogen and oxygen atoms in total. The monoisotopic (exact) mass is 337 g/mol. The molecule has 4 heterocycles. The topological polar surface area (TPSA) is 32.8 Å². The lowest BCUT2D eigenvalue weighted by atomic mass is 10.1. The van der Waals surface area contributed by atoms with Crippen molar-refractivity contribution in [3.05, 3.63) is 0 Å². The van der Waals surface area contributed by atoms with Crippen molar-refractivity contribution in [3.63, 3.8) is 0 Å². The first-order valence-corrected chi connectivity index (χ1v) is 6.80. The molecule has 0 aromatic rings. The number of rotatable bonds is 2. The number of carbonyl (C=O) groups excluding carboxylic acids is 1. The number of hydrogen-bond donors (Lipinski definition) is 0. The zero-order chi connectivity index (χ0) is 12.6. The van der Waals surface area contributed by atoms with Gasteiger partial charge in [0.15, 0.2) is 0 Å². The minimum absolute atomic E-state index is 0. The summed E-state index contributed by atoms with van der Waals surface area (Å²) in [5.74, 6) is -0.325. The molecule has 0 aromatic carbocycles. The van der Waals surface area contributed by atoms with Gasteiger partial charge in [-0.1, -0.05) is 0 Å². The summed E-state index contributed by atoms with van der Waals surface area (Å²) in [6.45, 7) is 7.24. The Morgan fingerprint density at radius 1 is 1.05 bits per heavy atom. The molecule has 1 atom stereocenters. The fourth-order valence-corrected chi connectivity index (χ4v) is 3.20. The molecular formula is C12H21BrFN3O2. The third kappa shape index (κ3) is 2.79. The number of fused-ring (bicyclic) bond motifs is 3. The molecule has 4 aliphatic heterocycles. The zero-order valence-electron chi connectivity index (χ0n) is 11.1. The number of alkyl halides is 1. The lowest BCUT2D eigenvalue weighted by molar-refractivity contribution is -0.967. The van der Waals surface area contributed by atoms with Gasteiger partial charge in [-0.05, 0) is 0 Å². The predicted octanol–water partition coefficient (Wildman–Crippen LogP) is -3.71. The molecule has 4 rings (SSSR count). The number of quaternary nitrogens is 1. The Morgan fingerprint density at radius 3 is 2.11 bits per heavy atom. The normalized spacial score (nSPS) is 35.6. The Balaban J connectivity index is 0.00000133. The third-order valence-electron chi connectivity index (χ3n) is 4.59. The van der Waals surface area contributed by atoms with Gasteiger partial charge in [0.05, 0.1) is 32.8 Å². The lowest BCUT2D eigenvalue weighted by Crippen LogP contribution is -3.00. The van der Waals surface area contributed by atoms with E-state index in [2.05, 4.69) is 4.90 Å². The maximum Gasteiger partial charge on any atom is 0.315 e. The first-order chi connectivity index (χ1) is 8.71. The fourth-order valence-electron chi connectivity index (χ4n) is 3.20. The molecule has 0 spiro atoms. The molecule has 0 aromatic heterocycles. The second-order valence-corrected chi connectivity index (χ2v) is 5.50. The summed E-state index contributed by atoms with van der Waals surface area (Å²) in [6.07, 6.45) is -1.37. The van der Waals surface area contributed by atoms with Gasteiger partial charge in [0.2, 0.25) is 0 Å². The number of ether oxygens (including phenoxy) is 1. The quantitative estimate of drug-likeness (QED) is 0.384. The van der Waals surface area contributed by atoms with Gasteiger partial charge in [-0.15, -0.1) is 0 Å². The van der Waals surface area contributed by atoms with Crippen molar-refractivity contribution in [2.75, 3.05) is 65.6 Å². The number of hydrogen-bond acceptors (Lipinski definition) is 3. The molecule has 19 heavy (non-hydrogen) atoms. The van der Waals surface area contributed by atoms with Crippen LogP contribution < -0.4 is 17.0 Å². The summed E-state index contributed by atoms with van der Waals surface area (Å²) in [6, 6.07) is 0. The molecule has 1 unspecified atom stereocenters. The van der Waals surface area contributed by atoms with Gasteiger partial charge in [-0.25, -0.2) is 0 Å². The van der Waals surface area contributed by atoms with Gasteiger partial charge in [0.1, 0.15) is 0 Å². The van der Waals surface area contributed by atoms with Crippen LogP contribution >= 0.6 is 0 Å². The fraction of sp³-hybridized carbons (Fsp3) is 0.917. The van der Waals surface area contributed by atoms with E-state index in [1.165, 1.54) is 0 Å². The predicted molar refractivity (Wildman–Crippen MR) is 63.6 cm³/mol. The Labute approximate surface area is 123 Å². The van der Waals surface area contributed by atoms with Crippen LogP contribution in [0, 0.1) is 0 Å². The smallest absolute Gasteiger partial charge is 0.315 e. The highest BCUT2D eigenvalue weighted by molar-refractivity contribution is 5.79. The summed E-state index contributed by atoms with van der Waals surface area (Å²) in [4.78, 5) is 16.2. The zero-order valence-corrected chi connectivity index (χ0v) is 12.6. The molecule has 4 aliphatic rings. The molecule has 110 valence electrons. The Kier molecular flexibility index (Phi) is 4.81. The second-order valence-electron chi connectivity index (χ2n) is 5.50. The van der Waals surface area contributed by atoms with Crippen molar-refractivity contribution in [2.24, 2.45) is 0 Å². The SMILES string of the molecule is O=C(C(F)[N+]12CCN(CC1)CC2)N1CCOCC1.[Br-]. The van der Waals surface area contributed by atoms with Crippen molar-refractivity contribution in [1.82, 2.24) is 9.80 Å². The van der Waals surface area contributed by atoms with Crippen molar-refractivity contribution >= 4 is 5.91 Å². The minimum atomic E-state index is -1.37. The lowest BCUT2D eigenvalue weighted by Gasteiger charge is -2.51. The second kappa shape index (κ2) is 6.03. The summed E-state index contributed by atoms with van der Waals surface area (Å²) in [5.41, 5.74) is 0.